The van der Waals surface area contributed by atoms with Crippen LogP contribution in [0.25, 0.3) is 0 Å². The van der Waals surface area contributed by atoms with Gasteiger partial charge in [0.05, 0.1) is 13.1 Å². The molecule has 1 saturated heterocycles. The molecule has 1 fully saturated rings. The third-order valence-corrected chi connectivity index (χ3v) is 2.30. The summed E-state index contributed by atoms with van der Waals surface area (Å²) < 4.78 is 25.1. The van der Waals surface area contributed by atoms with Gasteiger partial charge in [-0.2, -0.15) is 0 Å². The van der Waals surface area contributed by atoms with Crippen LogP contribution in [-0.2, 0) is 0 Å². The zero-order chi connectivity index (χ0) is 9.47. The lowest BCUT2D eigenvalue weighted by Gasteiger charge is -2.41. The summed E-state index contributed by atoms with van der Waals surface area (Å²) >= 11 is 0. The largest absolute Gasteiger partial charge is 0.359 e. The summed E-state index contributed by atoms with van der Waals surface area (Å²) in [6.07, 6.45) is 0. The topological polar surface area (TPSA) is 3.24 Å². The molecule has 3 heteroatoms. The maximum Gasteiger partial charge on any atom is 0.282 e. The van der Waals surface area contributed by atoms with E-state index in [2.05, 4.69) is 0 Å². The van der Waals surface area contributed by atoms with Crippen molar-refractivity contribution >= 4 is 5.69 Å². The molecule has 0 radical (unpaired) electrons. The van der Waals surface area contributed by atoms with Crippen molar-refractivity contribution in [3.05, 3.63) is 29.8 Å². The molecule has 0 atom stereocenters. The molecule has 2 rings (SSSR count). The smallest absolute Gasteiger partial charge is 0.282 e. The Morgan fingerprint density at radius 2 is 1.85 bits per heavy atom. The highest BCUT2D eigenvalue weighted by Crippen LogP contribution is 2.33. The molecule has 0 saturated carbocycles. The lowest BCUT2D eigenvalue weighted by molar-refractivity contribution is -0.0263. The van der Waals surface area contributed by atoms with Gasteiger partial charge in [0.15, 0.2) is 0 Å². The van der Waals surface area contributed by atoms with Gasteiger partial charge in [-0.25, -0.2) is 8.78 Å². The highest BCUT2D eigenvalue weighted by Gasteiger charge is 2.44. The van der Waals surface area contributed by atoms with Gasteiger partial charge >= 0.3 is 0 Å². The second kappa shape index (κ2) is 2.69. The summed E-state index contributed by atoms with van der Waals surface area (Å²) in [6.45, 7) is 1.65. The number of aryl methyl sites for hydroxylation is 1. The number of alkyl halides is 2. The fourth-order valence-electron chi connectivity index (χ4n) is 1.60. The van der Waals surface area contributed by atoms with E-state index in [0.717, 1.165) is 11.3 Å². The molecular formula is C10H11F2N. The maximum absolute atomic E-state index is 12.6. The number of hydrogen-bond acceptors (Lipinski definition) is 1. The molecule has 0 amide bonds. The van der Waals surface area contributed by atoms with Crippen LogP contribution in [0.2, 0.25) is 0 Å². The van der Waals surface area contributed by atoms with Crippen LogP contribution in [0, 0.1) is 6.92 Å². The monoisotopic (exact) mass is 183 g/mol. The van der Waals surface area contributed by atoms with Gasteiger partial charge in [0, 0.05) is 5.69 Å². The number of rotatable bonds is 1. The molecule has 1 aromatic carbocycles. The van der Waals surface area contributed by atoms with Gasteiger partial charge in [-0.1, -0.05) is 18.2 Å². The van der Waals surface area contributed by atoms with Crippen molar-refractivity contribution in [1.82, 2.24) is 0 Å². The highest BCUT2D eigenvalue weighted by atomic mass is 19.3. The maximum atomic E-state index is 12.6. The third-order valence-electron chi connectivity index (χ3n) is 2.30. The minimum Gasteiger partial charge on any atom is -0.359 e. The zero-order valence-corrected chi connectivity index (χ0v) is 7.43. The van der Waals surface area contributed by atoms with E-state index in [1.807, 2.05) is 31.2 Å². The molecule has 0 spiro atoms. The van der Waals surface area contributed by atoms with E-state index in [9.17, 15) is 8.78 Å². The SMILES string of the molecule is Cc1ccccc1N1CC(F)(F)C1. The molecule has 0 aromatic heterocycles. The van der Waals surface area contributed by atoms with Crippen molar-refractivity contribution in [3.63, 3.8) is 0 Å². The quantitative estimate of drug-likeness (QED) is 0.646. The summed E-state index contributed by atoms with van der Waals surface area (Å²) in [6, 6.07) is 7.60. The Hall–Kier alpha value is -1.12. The first-order valence-electron chi connectivity index (χ1n) is 4.27. The van der Waals surface area contributed by atoms with Crippen molar-refractivity contribution in [1.29, 1.82) is 0 Å². The number of para-hydroxylation sites is 1. The Morgan fingerprint density at radius 3 is 2.38 bits per heavy atom. The molecule has 13 heavy (non-hydrogen) atoms. The number of nitrogens with zero attached hydrogens (tertiary/aromatic N) is 1. The highest BCUT2D eigenvalue weighted by molar-refractivity contribution is 5.55. The minimum absolute atomic E-state index is 0.141. The average Bonchev–Trinajstić information content (AvgIpc) is 2.01. The molecule has 1 aromatic rings. The molecule has 70 valence electrons. The number of anilines is 1. The summed E-state index contributed by atoms with van der Waals surface area (Å²) in [5, 5.41) is 0. The third kappa shape index (κ3) is 1.50. The molecule has 0 aliphatic carbocycles. The number of halogens is 2. The van der Waals surface area contributed by atoms with Crippen molar-refractivity contribution in [2.24, 2.45) is 0 Å². The van der Waals surface area contributed by atoms with Crippen molar-refractivity contribution in [2.75, 3.05) is 18.0 Å². The molecule has 0 bridgehead atoms. The van der Waals surface area contributed by atoms with Gasteiger partial charge in [-0.15, -0.1) is 0 Å². The molecule has 0 unspecified atom stereocenters. The summed E-state index contributed by atoms with van der Waals surface area (Å²) in [5.41, 5.74) is 1.98. The van der Waals surface area contributed by atoms with Crippen LogP contribution in [0.4, 0.5) is 14.5 Å². The van der Waals surface area contributed by atoms with E-state index >= 15 is 0 Å². The van der Waals surface area contributed by atoms with Crippen LogP contribution in [0.1, 0.15) is 5.56 Å². The molecule has 1 aliphatic rings. The fraction of sp³-hybridized carbons (Fsp3) is 0.400. The first kappa shape index (κ1) is 8.48. The van der Waals surface area contributed by atoms with Crippen molar-refractivity contribution in [3.8, 4) is 0 Å². The Kier molecular flexibility index (Phi) is 1.75. The van der Waals surface area contributed by atoms with Crippen molar-refractivity contribution < 1.29 is 8.78 Å². The van der Waals surface area contributed by atoms with E-state index < -0.39 is 5.92 Å². The van der Waals surface area contributed by atoms with Gasteiger partial charge in [0.2, 0.25) is 0 Å². The second-order valence-corrected chi connectivity index (χ2v) is 3.50. The van der Waals surface area contributed by atoms with Crippen LogP contribution < -0.4 is 4.90 Å². The van der Waals surface area contributed by atoms with Crippen LogP contribution >= 0.6 is 0 Å². The van der Waals surface area contributed by atoms with E-state index in [0.29, 0.717) is 0 Å². The van der Waals surface area contributed by atoms with Gasteiger partial charge in [-0.05, 0) is 18.6 Å². The number of hydrogen-bond donors (Lipinski definition) is 0. The first-order valence-corrected chi connectivity index (χ1v) is 4.27. The van der Waals surface area contributed by atoms with Crippen LogP contribution in [-0.4, -0.2) is 19.0 Å². The summed E-state index contributed by atoms with van der Waals surface area (Å²) in [4.78, 5) is 1.70. The Labute approximate surface area is 76.0 Å². The van der Waals surface area contributed by atoms with E-state index in [4.69, 9.17) is 0 Å². The Morgan fingerprint density at radius 1 is 1.23 bits per heavy atom. The Bertz CT molecular complexity index is 314. The predicted molar refractivity (Wildman–Crippen MR) is 48.3 cm³/mol. The predicted octanol–water partition coefficient (Wildman–Crippen LogP) is 2.45. The van der Waals surface area contributed by atoms with E-state index in [1.54, 1.807) is 4.90 Å². The molecular weight excluding hydrogens is 172 g/mol. The van der Waals surface area contributed by atoms with E-state index in [1.165, 1.54) is 0 Å². The normalized spacial score (nSPS) is 19.8. The van der Waals surface area contributed by atoms with Gasteiger partial charge in [0.25, 0.3) is 5.92 Å². The summed E-state index contributed by atoms with van der Waals surface area (Å²) in [5.74, 6) is -2.48. The minimum atomic E-state index is -2.48. The number of benzene rings is 1. The van der Waals surface area contributed by atoms with Gasteiger partial charge < -0.3 is 4.90 Å². The average molecular weight is 183 g/mol. The lowest BCUT2D eigenvalue weighted by Crippen LogP contribution is -2.56. The molecule has 1 heterocycles. The van der Waals surface area contributed by atoms with Crippen LogP contribution in [0.3, 0.4) is 0 Å². The molecule has 0 N–H and O–H groups in total. The van der Waals surface area contributed by atoms with Crippen LogP contribution in [0.5, 0.6) is 0 Å². The van der Waals surface area contributed by atoms with Crippen LogP contribution in [0.15, 0.2) is 24.3 Å². The fourth-order valence-corrected chi connectivity index (χ4v) is 1.60. The summed E-state index contributed by atoms with van der Waals surface area (Å²) in [7, 11) is 0. The Balaban J connectivity index is 2.16. The second-order valence-electron chi connectivity index (χ2n) is 3.50. The van der Waals surface area contributed by atoms with Gasteiger partial charge in [0.1, 0.15) is 0 Å². The lowest BCUT2D eigenvalue weighted by atomic mass is 10.1. The van der Waals surface area contributed by atoms with Crippen molar-refractivity contribution in [2.45, 2.75) is 12.8 Å². The zero-order valence-electron chi connectivity index (χ0n) is 7.43. The van der Waals surface area contributed by atoms with Gasteiger partial charge in [-0.3, -0.25) is 0 Å². The molecule has 1 nitrogen and oxygen atoms in total. The standard InChI is InChI=1S/C10H11F2N/c1-8-4-2-3-5-9(8)13-6-10(11,12)7-13/h2-5H,6-7H2,1H3. The molecule has 1 aliphatic heterocycles. The van der Waals surface area contributed by atoms with E-state index in [-0.39, 0.29) is 13.1 Å². The first-order chi connectivity index (χ1) is 6.08.